The zero-order chi connectivity index (χ0) is 18.8. The number of pyridine rings is 1. The summed E-state index contributed by atoms with van der Waals surface area (Å²) in [6.45, 7) is 0. The fourth-order valence-electron chi connectivity index (χ4n) is 2.85. The van der Waals surface area contributed by atoms with Gasteiger partial charge in [-0.05, 0) is 24.3 Å². The fourth-order valence-corrected chi connectivity index (χ4v) is 2.85. The summed E-state index contributed by atoms with van der Waals surface area (Å²) in [5, 5.41) is 10.9. The highest BCUT2D eigenvalue weighted by molar-refractivity contribution is 6.14. The largest absolute Gasteiger partial charge is 0.506 e. The maximum absolute atomic E-state index is 13.0. The number of aromatic amines is 1. The van der Waals surface area contributed by atoms with Gasteiger partial charge in [-0.25, -0.2) is 0 Å². The minimum absolute atomic E-state index is 0.0706. The average molecular weight is 355 g/mol. The number of aromatic hydroxyl groups is 1. The van der Waals surface area contributed by atoms with Crippen molar-refractivity contribution in [2.45, 2.75) is 0 Å². The molecule has 3 aromatic rings. The Morgan fingerprint density at radius 3 is 2.31 bits per heavy atom. The molecule has 26 heavy (non-hydrogen) atoms. The first-order valence-electron chi connectivity index (χ1n) is 7.71. The number of hydrogen-bond acceptors (Lipinski definition) is 6. The monoisotopic (exact) mass is 355 g/mol. The van der Waals surface area contributed by atoms with Crippen molar-refractivity contribution in [3.63, 3.8) is 0 Å². The number of ketones is 1. The first kappa shape index (κ1) is 17.3. The van der Waals surface area contributed by atoms with Gasteiger partial charge in [-0.1, -0.05) is 12.1 Å². The van der Waals surface area contributed by atoms with Crippen molar-refractivity contribution < 1.29 is 24.1 Å². The summed E-state index contributed by atoms with van der Waals surface area (Å²) in [6.07, 6.45) is 0. The van der Waals surface area contributed by atoms with Crippen molar-refractivity contribution >= 4 is 16.7 Å². The Labute approximate surface area is 148 Å². The summed E-state index contributed by atoms with van der Waals surface area (Å²) in [4.78, 5) is 28.0. The molecule has 0 amide bonds. The molecule has 0 saturated heterocycles. The Morgan fingerprint density at radius 1 is 0.962 bits per heavy atom. The van der Waals surface area contributed by atoms with Crippen LogP contribution in [0.25, 0.3) is 10.9 Å². The number of nitrogens with one attached hydrogen (secondary N) is 1. The molecule has 0 aliphatic heterocycles. The standard InChI is InChI=1S/C19H17NO6/c1-24-13-9-8-11(17(25-2)18(13)26-3)16(22)14-15(21)10-6-4-5-7-12(10)20-19(14)23/h4-9H,1-3H3,(H2,20,21,23). The van der Waals surface area contributed by atoms with E-state index in [1.807, 2.05) is 0 Å². The predicted molar refractivity (Wildman–Crippen MR) is 95.8 cm³/mol. The molecule has 1 heterocycles. The van der Waals surface area contributed by atoms with Gasteiger partial charge in [0.1, 0.15) is 11.3 Å². The van der Waals surface area contributed by atoms with Crippen molar-refractivity contribution in [3.05, 3.63) is 57.9 Å². The molecular weight excluding hydrogens is 338 g/mol. The maximum Gasteiger partial charge on any atom is 0.263 e. The Balaban J connectivity index is 2.26. The first-order valence-corrected chi connectivity index (χ1v) is 7.71. The SMILES string of the molecule is COc1ccc(C(=O)c2c(O)c3ccccc3[nH]c2=O)c(OC)c1OC. The van der Waals surface area contributed by atoms with Crippen molar-refractivity contribution in [1.29, 1.82) is 0 Å². The van der Waals surface area contributed by atoms with Gasteiger partial charge in [0.15, 0.2) is 11.5 Å². The van der Waals surface area contributed by atoms with Crippen LogP contribution >= 0.6 is 0 Å². The molecule has 7 heteroatoms. The van der Waals surface area contributed by atoms with Crippen molar-refractivity contribution in [3.8, 4) is 23.0 Å². The molecule has 0 spiro atoms. The lowest BCUT2D eigenvalue weighted by molar-refractivity contribution is 0.103. The van der Waals surface area contributed by atoms with Gasteiger partial charge in [0.05, 0.1) is 32.4 Å². The highest BCUT2D eigenvalue weighted by atomic mass is 16.5. The molecule has 1 aromatic heterocycles. The van der Waals surface area contributed by atoms with Gasteiger partial charge >= 0.3 is 0 Å². The number of carbonyl (C=O) groups excluding carboxylic acids is 1. The third kappa shape index (κ3) is 2.63. The molecule has 0 saturated carbocycles. The molecule has 3 rings (SSSR count). The minimum atomic E-state index is -0.692. The Kier molecular flexibility index (Phi) is 4.53. The number of hydrogen-bond donors (Lipinski definition) is 2. The molecule has 0 aliphatic carbocycles. The number of methoxy groups -OCH3 is 3. The van der Waals surface area contributed by atoms with Crippen LogP contribution in [0.1, 0.15) is 15.9 Å². The van der Waals surface area contributed by atoms with Crippen molar-refractivity contribution in [1.82, 2.24) is 4.98 Å². The summed E-state index contributed by atoms with van der Waals surface area (Å²) in [6, 6.07) is 9.66. The summed E-state index contributed by atoms with van der Waals surface area (Å²) >= 11 is 0. The third-order valence-corrected chi connectivity index (χ3v) is 4.07. The Hall–Kier alpha value is -3.48. The van der Waals surface area contributed by atoms with Gasteiger partial charge < -0.3 is 24.3 Å². The maximum atomic E-state index is 13.0. The summed E-state index contributed by atoms with van der Waals surface area (Å²) in [7, 11) is 4.24. The van der Waals surface area contributed by atoms with Crippen LogP contribution in [0.2, 0.25) is 0 Å². The summed E-state index contributed by atoms with van der Waals surface area (Å²) in [5.41, 5.74) is -0.552. The second-order valence-electron chi connectivity index (χ2n) is 5.43. The minimum Gasteiger partial charge on any atom is -0.506 e. The summed E-state index contributed by atoms with van der Waals surface area (Å²) < 4.78 is 15.8. The van der Waals surface area contributed by atoms with Crippen LogP contribution in [0.5, 0.6) is 23.0 Å². The normalized spacial score (nSPS) is 10.6. The lowest BCUT2D eigenvalue weighted by atomic mass is 10.00. The van der Waals surface area contributed by atoms with Crippen LogP contribution in [0, 0.1) is 0 Å². The van der Waals surface area contributed by atoms with E-state index in [9.17, 15) is 14.7 Å². The molecule has 0 radical (unpaired) electrons. The zero-order valence-electron chi connectivity index (χ0n) is 14.5. The van der Waals surface area contributed by atoms with Crippen LogP contribution in [-0.4, -0.2) is 37.2 Å². The van der Waals surface area contributed by atoms with Gasteiger partial charge in [0.2, 0.25) is 11.5 Å². The number of fused-ring (bicyclic) bond motifs is 1. The second-order valence-corrected chi connectivity index (χ2v) is 5.43. The molecule has 0 atom stereocenters. The number of rotatable bonds is 5. The number of aromatic nitrogens is 1. The summed E-state index contributed by atoms with van der Waals surface area (Å²) in [5.74, 6) is -0.364. The topological polar surface area (TPSA) is 97.9 Å². The first-order chi connectivity index (χ1) is 12.5. The van der Waals surface area contributed by atoms with E-state index in [0.29, 0.717) is 16.7 Å². The fraction of sp³-hybridized carbons (Fsp3) is 0.158. The molecule has 0 bridgehead atoms. The molecule has 2 N–H and O–H groups in total. The van der Waals surface area contributed by atoms with Crippen LogP contribution in [0.15, 0.2) is 41.2 Å². The van der Waals surface area contributed by atoms with E-state index >= 15 is 0 Å². The van der Waals surface area contributed by atoms with Gasteiger partial charge in [0, 0.05) is 5.39 Å². The molecule has 0 unspecified atom stereocenters. The molecule has 0 aliphatic rings. The number of ether oxygens (including phenoxy) is 3. The number of benzene rings is 2. The van der Waals surface area contributed by atoms with Crippen LogP contribution in [0.4, 0.5) is 0 Å². The van der Waals surface area contributed by atoms with Crippen LogP contribution < -0.4 is 19.8 Å². The Morgan fingerprint density at radius 2 is 1.65 bits per heavy atom. The van der Waals surface area contributed by atoms with Crippen molar-refractivity contribution in [2.24, 2.45) is 0 Å². The number of carbonyl (C=O) groups is 1. The number of para-hydroxylation sites is 1. The number of H-pyrrole nitrogens is 1. The van der Waals surface area contributed by atoms with E-state index in [-0.39, 0.29) is 28.4 Å². The molecular formula is C19H17NO6. The van der Waals surface area contributed by atoms with Crippen molar-refractivity contribution in [2.75, 3.05) is 21.3 Å². The van der Waals surface area contributed by atoms with Gasteiger partial charge in [-0.15, -0.1) is 0 Å². The van der Waals surface area contributed by atoms with E-state index in [2.05, 4.69) is 4.98 Å². The average Bonchev–Trinajstić information content (AvgIpc) is 2.66. The molecule has 2 aromatic carbocycles. The lowest BCUT2D eigenvalue weighted by Gasteiger charge is -2.15. The molecule has 134 valence electrons. The molecule has 0 fully saturated rings. The van der Waals surface area contributed by atoms with Crippen LogP contribution in [0.3, 0.4) is 0 Å². The van der Waals surface area contributed by atoms with E-state index in [0.717, 1.165) is 0 Å². The van der Waals surface area contributed by atoms with E-state index in [1.165, 1.54) is 33.5 Å². The van der Waals surface area contributed by atoms with E-state index in [1.54, 1.807) is 24.3 Å². The van der Waals surface area contributed by atoms with Gasteiger partial charge in [0.25, 0.3) is 5.56 Å². The highest BCUT2D eigenvalue weighted by Gasteiger charge is 2.26. The Bertz CT molecular complexity index is 1050. The third-order valence-electron chi connectivity index (χ3n) is 4.07. The smallest absolute Gasteiger partial charge is 0.263 e. The zero-order valence-corrected chi connectivity index (χ0v) is 14.5. The van der Waals surface area contributed by atoms with Gasteiger partial charge in [-0.3, -0.25) is 9.59 Å². The highest BCUT2D eigenvalue weighted by Crippen LogP contribution is 2.41. The van der Waals surface area contributed by atoms with Crippen LogP contribution in [-0.2, 0) is 0 Å². The van der Waals surface area contributed by atoms with E-state index < -0.39 is 11.3 Å². The quantitative estimate of drug-likeness (QED) is 0.683. The second kappa shape index (κ2) is 6.79. The molecule has 7 nitrogen and oxygen atoms in total. The predicted octanol–water partition coefficient (Wildman–Crippen LogP) is 2.49. The lowest BCUT2D eigenvalue weighted by Crippen LogP contribution is -2.19. The van der Waals surface area contributed by atoms with E-state index in [4.69, 9.17) is 14.2 Å². The van der Waals surface area contributed by atoms with Gasteiger partial charge in [-0.2, -0.15) is 0 Å².